The van der Waals surface area contributed by atoms with E-state index in [0.29, 0.717) is 11.5 Å². The Kier molecular flexibility index (Phi) is 11.0. The van der Waals surface area contributed by atoms with E-state index in [-0.39, 0.29) is 0 Å². The summed E-state index contributed by atoms with van der Waals surface area (Å²) in [5, 5.41) is 0. The Bertz CT molecular complexity index is 139. The van der Waals surface area contributed by atoms with Crippen molar-refractivity contribution < 1.29 is 4.79 Å². The van der Waals surface area contributed by atoms with E-state index in [2.05, 4.69) is 0 Å². The zero-order valence-electron chi connectivity index (χ0n) is 9.26. The molecular weight excluding hydrogens is 194 g/mol. The highest BCUT2D eigenvalue weighted by atomic mass is 32.2. The summed E-state index contributed by atoms with van der Waals surface area (Å²) in [5.41, 5.74) is 5.40. The van der Waals surface area contributed by atoms with Crippen LogP contribution in [0.1, 0.15) is 44.9 Å². The lowest BCUT2D eigenvalue weighted by Crippen LogP contribution is -2.00. The standard InChI is InChI=1S/C11H23NOS/c1-14-10-11(13)8-6-4-2-3-5-7-9-12/h2-10,12H2,1H3. The van der Waals surface area contributed by atoms with Gasteiger partial charge in [0.2, 0.25) is 0 Å². The molecule has 0 aliphatic heterocycles. The number of carbonyl (C=O) groups is 1. The number of hydrogen-bond acceptors (Lipinski definition) is 3. The quantitative estimate of drug-likeness (QED) is 0.572. The van der Waals surface area contributed by atoms with Gasteiger partial charge in [-0.15, -0.1) is 0 Å². The van der Waals surface area contributed by atoms with Crippen molar-refractivity contribution in [3.8, 4) is 0 Å². The van der Waals surface area contributed by atoms with Crippen molar-refractivity contribution in [1.29, 1.82) is 0 Å². The van der Waals surface area contributed by atoms with Crippen LogP contribution in [0.2, 0.25) is 0 Å². The van der Waals surface area contributed by atoms with Gasteiger partial charge in [0.05, 0.1) is 5.75 Å². The molecule has 0 rings (SSSR count). The lowest BCUT2D eigenvalue weighted by atomic mass is 10.1. The second-order valence-electron chi connectivity index (χ2n) is 3.63. The average molecular weight is 217 g/mol. The van der Waals surface area contributed by atoms with E-state index < -0.39 is 0 Å². The molecule has 0 unspecified atom stereocenters. The minimum absolute atomic E-state index is 0.402. The highest BCUT2D eigenvalue weighted by Crippen LogP contribution is 2.08. The van der Waals surface area contributed by atoms with E-state index in [1.807, 2.05) is 6.26 Å². The topological polar surface area (TPSA) is 43.1 Å². The van der Waals surface area contributed by atoms with Gasteiger partial charge in [0.25, 0.3) is 0 Å². The maximum atomic E-state index is 11.1. The van der Waals surface area contributed by atoms with Crippen molar-refractivity contribution in [2.75, 3.05) is 18.6 Å². The third-order valence-electron chi connectivity index (χ3n) is 2.22. The Morgan fingerprint density at radius 1 is 1.07 bits per heavy atom. The highest BCUT2D eigenvalue weighted by Gasteiger charge is 1.99. The predicted molar refractivity (Wildman–Crippen MR) is 64.8 cm³/mol. The Hall–Kier alpha value is -0.0200. The van der Waals surface area contributed by atoms with Crippen LogP contribution in [0.3, 0.4) is 0 Å². The summed E-state index contributed by atoms with van der Waals surface area (Å²) in [5.74, 6) is 1.09. The van der Waals surface area contributed by atoms with Crippen molar-refractivity contribution in [2.45, 2.75) is 44.9 Å². The van der Waals surface area contributed by atoms with Crippen LogP contribution >= 0.6 is 11.8 Å². The number of thioether (sulfide) groups is 1. The van der Waals surface area contributed by atoms with E-state index in [0.717, 1.165) is 25.8 Å². The predicted octanol–water partition coefficient (Wildman–Crippen LogP) is 2.61. The highest BCUT2D eigenvalue weighted by molar-refractivity contribution is 7.99. The van der Waals surface area contributed by atoms with Crippen molar-refractivity contribution in [2.24, 2.45) is 5.73 Å². The molecule has 0 aliphatic rings. The van der Waals surface area contributed by atoms with Gasteiger partial charge in [-0.05, 0) is 25.6 Å². The summed E-state index contributed by atoms with van der Waals surface area (Å²) in [6, 6.07) is 0. The number of hydrogen-bond donors (Lipinski definition) is 1. The lowest BCUT2D eigenvalue weighted by molar-refractivity contribution is -0.116. The first-order valence-corrected chi connectivity index (χ1v) is 6.91. The van der Waals surface area contributed by atoms with Gasteiger partial charge in [-0.2, -0.15) is 11.8 Å². The van der Waals surface area contributed by atoms with E-state index in [9.17, 15) is 4.79 Å². The molecule has 0 spiro atoms. The number of unbranched alkanes of at least 4 members (excludes halogenated alkanes) is 5. The fourth-order valence-corrected chi connectivity index (χ4v) is 1.87. The number of Topliss-reactive ketones (excluding diaryl/α,β-unsaturated/α-hetero) is 1. The molecule has 0 aliphatic carbocycles. The van der Waals surface area contributed by atoms with Crippen LogP contribution in [-0.4, -0.2) is 24.3 Å². The van der Waals surface area contributed by atoms with Crippen LogP contribution < -0.4 is 5.73 Å². The van der Waals surface area contributed by atoms with Crippen molar-refractivity contribution >= 4 is 17.5 Å². The third-order valence-corrected chi connectivity index (χ3v) is 2.83. The van der Waals surface area contributed by atoms with E-state index >= 15 is 0 Å². The summed E-state index contributed by atoms with van der Waals surface area (Å²) in [4.78, 5) is 11.1. The van der Waals surface area contributed by atoms with Crippen molar-refractivity contribution in [3.05, 3.63) is 0 Å². The number of carbonyl (C=O) groups excluding carboxylic acids is 1. The number of ketones is 1. The summed E-state index contributed by atoms with van der Waals surface area (Å²) >= 11 is 1.62. The average Bonchev–Trinajstić information content (AvgIpc) is 2.17. The van der Waals surface area contributed by atoms with Gasteiger partial charge in [0, 0.05) is 6.42 Å². The van der Waals surface area contributed by atoms with E-state index in [1.54, 1.807) is 11.8 Å². The van der Waals surface area contributed by atoms with Gasteiger partial charge in [-0.1, -0.05) is 25.7 Å². The van der Waals surface area contributed by atoms with Crippen LogP contribution in [0.15, 0.2) is 0 Å². The molecule has 0 saturated heterocycles. The molecule has 14 heavy (non-hydrogen) atoms. The summed E-state index contributed by atoms with van der Waals surface area (Å²) in [6.07, 6.45) is 9.94. The molecule has 0 saturated carbocycles. The Morgan fingerprint density at radius 2 is 1.64 bits per heavy atom. The molecule has 0 radical (unpaired) electrons. The first-order valence-electron chi connectivity index (χ1n) is 5.52. The smallest absolute Gasteiger partial charge is 0.142 e. The molecule has 0 aromatic carbocycles. The molecule has 0 fully saturated rings. The maximum absolute atomic E-state index is 11.1. The Balaban J connectivity index is 3.01. The zero-order valence-corrected chi connectivity index (χ0v) is 10.1. The van der Waals surface area contributed by atoms with Gasteiger partial charge in [-0.25, -0.2) is 0 Å². The molecule has 84 valence electrons. The normalized spacial score (nSPS) is 10.4. The first kappa shape index (κ1) is 14.0. The molecule has 3 heteroatoms. The first-order chi connectivity index (χ1) is 6.81. The molecule has 0 atom stereocenters. The van der Waals surface area contributed by atoms with Crippen molar-refractivity contribution in [1.82, 2.24) is 0 Å². The van der Waals surface area contributed by atoms with Gasteiger partial charge in [-0.3, -0.25) is 4.79 Å². The number of rotatable bonds is 10. The molecule has 0 aromatic heterocycles. The fraction of sp³-hybridized carbons (Fsp3) is 0.909. The van der Waals surface area contributed by atoms with Crippen LogP contribution in [-0.2, 0) is 4.79 Å². The molecule has 2 nitrogen and oxygen atoms in total. The lowest BCUT2D eigenvalue weighted by Gasteiger charge is -2.00. The summed E-state index contributed by atoms with van der Waals surface area (Å²) < 4.78 is 0. The fourth-order valence-electron chi connectivity index (χ4n) is 1.41. The van der Waals surface area contributed by atoms with Crippen LogP contribution in [0.25, 0.3) is 0 Å². The second-order valence-corrected chi connectivity index (χ2v) is 4.50. The molecule has 0 amide bonds. The minimum Gasteiger partial charge on any atom is -0.330 e. The van der Waals surface area contributed by atoms with Crippen molar-refractivity contribution in [3.63, 3.8) is 0 Å². The largest absolute Gasteiger partial charge is 0.330 e. The molecule has 0 heterocycles. The minimum atomic E-state index is 0.402. The van der Waals surface area contributed by atoms with Gasteiger partial charge in [0.15, 0.2) is 0 Å². The zero-order chi connectivity index (χ0) is 10.6. The van der Waals surface area contributed by atoms with E-state index in [1.165, 1.54) is 25.7 Å². The van der Waals surface area contributed by atoms with E-state index in [4.69, 9.17) is 5.73 Å². The summed E-state index contributed by atoms with van der Waals surface area (Å²) in [6.45, 7) is 0.812. The second kappa shape index (κ2) is 11.1. The molecule has 0 bridgehead atoms. The molecule has 0 aromatic rings. The van der Waals surface area contributed by atoms with Crippen LogP contribution in [0.4, 0.5) is 0 Å². The molecule has 2 N–H and O–H groups in total. The van der Waals surface area contributed by atoms with Gasteiger partial charge < -0.3 is 5.73 Å². The van der Waals surface area contributed by atoms with Crippen LogP contribution in [0, 0.1) is 0 Å². The summed E-state index contributed by atoms with van der Waals surface area (Å²) in [7, 11) is 0. The van der Waals surface area contributed by atoms with Gasteiger partial charge >= 0.3 is 0 Å². The monoisotopic (exact) mass is 217 g/mol. The Morgan fingerprint density at radius 3 is 2.21 bits per heavy atom. The Labute approximate surface area is 92.0 Å². The van der Waals surface area contributed by atoms with Gasteiger partial charge in [0.1, 0.15) is 5.78 Å². The van der Waals surface area contributed by atoms with Crippen LogP contribution in [0.5, 0.6) is 0 Å². The maximum Gasteiger partial charge on any atom is 0.142 e. The molecular formula is C11H23NOS. The third kappa shape index (κ3) is 10.1. The number of nitrogens with two attached hydrogens (primary N) is 1. The SMILES string of the molecule is CSCC(=O)CCCCCCCCN.